The molecule has 1 aromatic carbocycles. The second kappa shape index (κ2) is 7.57. The summed E-state index contributed by atoms with van der Waals surface area (Å²) >= 11 is 0. The highest BCUT2D eigenvalue weighted by atomic mass is 15.1. The van der Waals surface area contributed by atoms with Gasteiger partial charge in [0, 0.05) is 12.7 Å². The lowest BCUT2D eigenvalue weighted by Crippen LogP contribution is -2.17. The van der Waals surface area contributed by atoms with Crippen molar-refractivity contribution in [3.8, 4) is 11.4 Å². The summed E-state index contributed by atoms with van der Waals surface area (Å²) in [6, 6.07) is 10.1. The van der Waals surface area contributed by atoms with E-state index in [1.54, 1.807) is 6.20 Å². The maximum Gasteiger partial charge on any atom is 0.154 e. The van der Waals surface area contributed by atoms with Crippen LogP contribution in [-0.2, 0) is 0 Å². The standard InChI is InChI=1S/C20H25N5/c1-14-12-17-18(13-15(14)2)24-20(22-10-7-11-25(3)4)19(23-17)16-8-5-6-9-21-16/h5-6,8-9,12-13H,7,10-11H2,1-4H3,(H,22,24). The summed E-state index contributed by atoms with van der Waals surface area (Å²) in [5.74, 6) is 0.799. The van der Waals surface area contributed by atoms with Gasteiger partial charge in [-0.1, -0.05) is 6.07 Å². The molecular weight excluding hydrogens is 310 g/mol. The van der Waals surface area contributed by atoms with Crippen molar-refractivity contribution in [3.05, 3.63) is 47.7 Å². The molecule has 2 aromatic heterocycles. The van der Waals surface area contributed by atoms with Crippen molar-refractivity contribution in [3.63, 3.8) is 0 Å². The van der Waals surface area contributed by atoms with Crippen LogP contribution in [0.15, 0.2) is 36.5 Å². The van der Waals surface area contributed by atoms with Gasteiger partial charge in [-0.3, -0.25) is 4.98 Å². The summed E-state index contributed by atoms with van der Waals surface area (Å²) in [4.78, 5) is 16.3. The molecule has 0 atom stereocenters. The highest BCUT2D eigenvalue weighted by Gasteiger charge is 2.12. The van der Waals surface area contributed by atoms with E-state index in [0.717, 1.165) is 47.7 Å². The number of fused-ring (bicyclic) bond motifs is 1. The largest absolute Gasteiger partial charge is 0.368 e. The smallest absolute Gasteiger partial charge is 0.154 e. The lowest BCUT2D eigenvalue weighted by atomic mass is 10.1. The van der Waals surface area contributed by atoms with Crippen LogP contribution in [0, 0.1) is 13.8 Å². The number of benzene rings is 1. The molecule has 1 N–H and O–H groups in total. The van der Waals surface area contributed by atoms with Gasteiger partial charge >= 0.3 is 0 Å². The first kappa shape index (κ1) is 17.3. The van der Waals surface area contributed by atoms with Crippen LogP contribution in [0.4, 0.5) is 5.82 Å². The van der Waals surface area contributed by atoms with Gasteiger partial charge in [-0.2, -0.15) is 0 Å². The molecule has 0 fully saturated rings. The van der Waals surface area contributed by atoms with Gasteiger partial charge in [0.25, 0.3) is 0 Å². The van der Waals surface area contributed by atoms with Crippen molar-refractivity contribution in [2.45, 2.75) is 20.3 Å². The van der Waals surface area contributed by atoms with E-state index in [4.69, 9.17) is 9.97 Å². The number of hydrogen-bond acceptors (Lipinski definition) is 5. The summed E-state index contributed by atoms with van der Waals surface area (Å²) < 4.78 is 0. The third-order valence-electron chi connectivity index (χ3n) is 4.26. The van der Waals surface area contributed by atoms with Gasteiger partial charge in [-0.15, -0.1) is 0 Å². The molecule has 2 heterocycles. The minimum atomic E-state index is 0.799. The number of nitrogens with one attached hydrogen (secondary N) is 1. The van der Waals surface area contributed by atoms with E-state index in [0.29, 0.717) is 0 Å². The minimum Gasteiger partial charge on any atom is -0.368 e. The number of hydrogen-bond donors (Lipinski definition) is 1. The van der Waals surface area contributed by atoms with E-state index in [1.807, 2.05) is 18.2 Å². The van der Waals surface area contributed by atoms with Crippen molar-refractivity contribution in [1.29, 1.82) is 0 Å². The van der Waals surface area contributed by atoms with E-state index in [2.05, 4.69) is 55.3 Å². The van der Waals surface area contributed by atoms with E-state index < -0.39 is 0 Å². The number of aromatic nitrogens is 3. The summed E-state index contributed by atoms with van der Waals surface area (Å²) in [6.07, 6.45) is 2.83. The second-order valence-corrected chi connectivity index (χ2v) is 6.64. The van der Waals surface area contributed by atoms with E-state index in [1.165, 1.54) is 11.1 Å². The Kier molecular flexibility index (Phi) is 5.24. The lowest BCUT2D eigenvalue weighted by molar-refractivity contribution is 0.405. The van der Waals surface area contributed by atoms with Crippen LogP contribution < -0.4 is 5.32 Å². The normalized spacial score (nSPS) is 11.2. The average Bonchev–Trinajstić information content (AvgIpc) is 2.60. The van der Waals surface area contributed by atoms with Gasteiger partial charge in [-0.25, -0.2) is 9.97 Å². The van der Waals surface area contributed by atoms with Gasteiger partial charge in [0.05, 0.1) is 16.7 Å². The molecule has 0 spiro atoms. The molecule has 0 radical (unpaired) electrons. The van der Waals surface area contributed by atoms with Crippen molar-refractivity contribution < 1.29 is 0 Å². The topological polar surface area (TPSA) is 53.9 Å². The molecule has 3 rings (SSSR count). The SMILES string of the molecule is Cc1cc2nc(NCCCN(C)C)c(-c3ccccn3)nc2cc1C. The Hall–Kier alpha value is -2.53. The first-order valence-corrected chi connectivity index (χ1v) is 8.63. The monoisotopic (exact) mass is 335 g/mol. The molecule has 0 saturated heterocycles. The van der Waals surface area contributed by atoms with Crippen molar-refractivity contribution in [2.24, 2.45) is 0 Å². The van der Waals surface area contributed by atoms with Gasteiger partial charge in [0.15, 0.2) is 5.82 Å². The molecule has 0 aliphatic heterocycles. The molecular formula is C20H25N5. The summed E-state index contributed by atoms with van der Waals surface area (Å²) in [5.41, 5.74) is 5.92. The zero-order valence-corrected chi connectivity index (χ0v) is 15.4. The maximum atomic E-state index is 4.86. The summed E-state index contributed by atoms with van der Waals surface area (Å²) in [7, 11) is 4.17. The molecule has 5 heteroatoms. The highest BCUT2D eigenvalue weighted by molar-refractivity contribution is 5.83. The van der Waals surface area contributed by atoms with Gasteiger partial charge in [0.1, 0.15) is 5.69 Å². The zero-order chi connectivity index (χ0) is 17.8. The predicted molar refractivity (Wildman–Crippen MR) is 104 cm³/mol. The summed E-state index contributed by atoms with van der Waals surface area (Å²) in [6.45, 7) is 6.09. The fourth-order valence-electron chi connectivity index (χ4n) is 2.72. The molecule has 0 saturated carbocycles. The Balaban J connectivity index is 2.00. The number of nitrogens with zero attached hydrogens (tertiary/aromatic N) is 4. The Morgan fingerprint density at radius 2 is 1.72 bits per heavy atom. The quantitative estimate of drug-likeness (QED) is 0.697. The minimum absolute atomic E-state index is 0.799. The van der Waals surface area contributed by atoms with Crippen molar-refractivity contribution >= 4 is 16.9 Å². The Bertz CT molecular complexity index is 859. The van der Waals surface area contributed by atoms with Gasteiger partial charge in [0.2, 0.25) is 0 Å². The molecule has 3 aromatic rings. The third-order valence-corrected chi connectivity index (χ3v) is 4.26. The lowest BCUT2D eigenvalue weighted by Gasteiger charge is -2.14. The molecule has 0 aliphatic rings. The van der Waals surface area contributed by atoms with Gasteiger partial charge < -0.3 is 10.2 Å². The second-order valence-electron chi connectivity index (χ2n) is 6.64. The molecule has 0 amide bonds. The summed E-state index contributed by atoms with van der Waals surface area (Å²) in [5, 5.41) is 3.45. The molecule has 130 valence electrons. The first-order valence-electron chi connectivity index (χ1n) is 8.63. The number of pyridine rings is 1. The van der Waals surface area contributed by atoms with E-state index in [-0.39, 0.29) is 0 Å². The Morgan fingerprint density at radius 1 is 1.00 bits per heavy atom. The van der Waals surface area contributed by atoms with Crippen LogP contribution in [0.25, 0.3) is 22.4 Å². The van der Waals surface area contributed by atoms with Crippen LogP contribution in [0.5, 0.6) is 0 Å². The van der Waals surface area contributed by atoms with Crippen LogP contribution in [-0.4, -0.2) is 47.0 Å². The molecule has 25 heavy (non-hydrogen) atoms. The molecule has 0 unspecified atom stereocenters. The van der Waals surface area contributed by atoms with Crippen LogP contribution >= 0.6 is 0 Å². The molecule has 0 bridgehead atoms. The van der Waals surface area contributed by atoms with Crippen LogP contribution in [0.3, 0.4) is 0 Å². The van der Waals surface area contributed by atoms with Crippen LogP contribution in [0.2, 0.25) is 0 Å². The zero-order valence-electron chi connectivity index (χ0n) is 15.4. The maximum absolute atomic E-state index is 4.86. The number of rotatable bonds is 6. The van der Waals surface area contributed by atoms with Gasteiger partial charge in [-0.05, 0) is 76.3 Å². The fraction of sp³-hybridized carbons (Fsp3) is 0.350. The van der Waals surface area contributed by atoms with E-state index in [9.17, 15) is 0 Å². The molecule has 5 nitrogen and oxygen atoms in total. The highest BCUT2D eigenvalue weighted by Crippen LogP contribution is 2.26. The number of anilines is 1. The average molecular weight is 335 g/mol. The van der Waals surface area contributed by atoms with Crippen molar-refractivity contribution in [2.75, 3.05) is 32.5 Å². The number of aryl methyl sites for hydroxylation is 2. The Labute approximate surface area is 149 Å². The van der Waals surface area contributed by atoms with Crippen molar-refractivity contribution in [1.82, 2.24) is 19.9 Å². The molecule has 0 aliphatic carbocycles. The first-order chi connectivity index (χ1) is 12.0. The third kappa shape index (κ3) is 4.12. The predicted octanol–water partition coefficient (Wildman–Crippen LogP) is 3.67. The van der Waals surface area contributed by atoms with E-state index >= 15 is 0 Å². The fourth-order valence-corrected chi connectivity index (χ4v) is 2.72. The van der Waals surface area contributed by atoms with Crippen LogP contribution in [0.1, 0.15) is 17.5 Å². The Morgan fingerprint density at radius 3 is 2.36 bits per heavy atom.